The highest BCUT2D eigenvalue weighted by molar-refractivity contribution is 8.00. The van der Waals surface area contributed by atoms with Gasteiger partial charge in [0.15, 0.2) is 0 Å². The highest BCUT2D eigenvalue weighted by Crippen LogP contribution is 2.30. The molecule has 2 rings (SSSR count). The van der Waals surface area contributed by atoms with Crippen LogP contribution in [0.2, 0.25) is 0 Å². The van der Waals surface area contributed by atoms with Gasteiger partial charge in [-0.1, -0.05) is 18.2 Å². The predicted octanol–water partition coefficient (Wildman–Crippen LogP) is 2.93. The summed E-state index contributed by atoms with van der Waals surface area (Å²) in [6.07, 6.45) is 0. The number of para-hydroxylation sites is 1. The molecule has 27 heavy (non-hydrogen) atoms. The number of nitrogens with zero attached hydrogens (tertiary/aromatic N) is 1. The van der Waals surface area contributed by atoms with E-state index in [0.29, 0.717) is 12.4 Å². The molecule has 8 nitrogen and oxygen atoms in total. The SMILES string of the molecule is CCOc1ccccc1COC(=O)CSc1ccc(C(N)=O)cc1[N+](=O)[O-]. The zero-order valence-electron chi connectivity index (χ0n) is 14.5. The molecule has 0 aliphatic heterocycles. The number of primary amides is 1. The topological polar surface area (TPSA) is 122 Å². The van der Waals surface area contributed by atoms with Crippen LogP contribution in [0.5, 0.6) is 5.75 Å². The van der Waals surface area contributed by atoms with Gasteiger partial charge < -0.3 is 15.2 Å². The van der Waals surface area contributed by atoms with Gasteiger partial charge in [-0.3, -0.25) is 19.7 Å². The number of esters is 1. The van der Waals surface area contributed by atoms with Crippen molar-refractivity contribution in [3.8, 4) is 5.75 Å². The Labute approximate surface area is 159 Å². The van der Waals surface area contributed by atoms with Gasteiger partial charge in [-0.05, 0) is 25.1 Å². The van der Waals surface area contributed by atoms with Crippen LogP contribution in [0.4, 0.5) is 5.69 Å². The number of hydrogen-bond acceptors (Lipinski definition) is 7. The van der Waals surface area contributed by atoms with Crippen LogP contribution in [-0.2, 0) is 16.1 Å². The van der Waals surface area contributed by atoms with E-state index in [1.54, 1.807) is 12.1 Å². The molecule has 0 unspecified atom stereocenters. The second kappa shape index (κ2) is 9.58. The number of nitrogens with two attached hydrogens (primary N) is 1. The van der Waals surface area contributed by atoms with Gasteiger partial charge >= 0.3 is 5.97 Å². The normalized spacial score (nSPS) is 10.3. The molecule has 1 amide bonds. The Morgan fingerprint density at radius 2 is 1.96 bits per heavy atom. The average Bonchev–Trinajstić information content (AvgIpc) is 2.65. The molecule has 0 aliphatic carbocycles. The fourth-order valence-electron chi connectivity index (χ4n) is 2.19. The van der Waals surface area contributed by atoms with Crippen molar-refractivity contribution in [2.24, 2.45) is 5.73 Å². The highest BCUT2D eigenvalue weighted by atomic mass is 32.2. The maximum Gasteiger partial charge on any atom is 0.316 e. The van der Waals surface area contributed by atoms with Crippen LogP contribution >= 0.6 is 11.8 Å². The van der Waals surface area contributed by atoms with Crippen LogP contribution in [0.3, 0.4) is 0 Å². The number of carbonyl (C=O) groups excluding carboxylic acids is 2. The molecular weight excluding hydrogens is 372 g/mol. The molecule has 2 aromatic rings. The number of rotatable bonds is 9. The number of hydrogen-bond donors (Lipinski definition) is 1. The van der Waals surface area contributed by atoms with Crippen molar-refractivity contribution < 1.29 is 24.0 Å². The summed E-state index contributed by atoms with van der Waals surface area (Å²) in [6, 6.07) is 11.1. The van der Waals surface area contributed by atoms with Crippen molar-refractivity contribution in [2.45, 2.75) is 18.4 Å². The van der Waals surface area contributed by atoms with Gasteiger partial charge in [0.25, 0.3) is 5.69 Å². The molecule has 0 saturated heterocycles. The molecule has 0 spiro atoms. The zero-order chi connectivity index (χ0) is 19.8. The van der Waals surface area contributed by atoms with Gasteiger partial charge in [-0.15, -0.1) is 11.8 Å². The lowest BCUT2D eigenvalue weighted by atomic mass is 10.2. The molecule has 2 aromatic carbocycles. The molecule has 0 aromatic heterocycles. The first-order valence-electron chi connectivity index (χ1n) is 7.99. The third-order valence-corrected chi connectivity index (χ3v) is 4.48. The van der Waals surface area contributed by atoms with Crippen molar-refractivity contribution in [2.75, 3.05) is 12.4 Å². The van der Waals surface area contributed by atoms with Crippen LogP contribution in [0.1, 0.15) is 22.8 Å². The van der Waals surface area contributed by atoms with Crippen molar-refractivity contribution in [1.29, 1.82) is 0 Å². The predicted molar refractivity (Wildman–Crippen MR) is 99.7 cm³/mol. The van der Waals surface area contributed by atoms with Crippen molar-refractivity contribution >= 4 is 29.3 Å². The minimum Gasteiger partial charge on any atom is -0.493 e. The summed E-state index contributed by atoms with van der Waals surface area (Å²) in [5.74, 6) is -0.771. The number of amides is 1. The van der Waals surface area contributed by atoms with Crippen molar-refractivity contribution in [1.82, 2.24) is 0 Å². The van der Waals surface area contributed by atoms with Gasteiger partial charge in [0.2, 0.25) is 5.91 Å². The molecule has 0 bridgehead atoms. The van der Waals surface area contributed by atoms with E-state index in [1.807, 2.05) is 19.1 Å². The summed E-state index contributed by atoms with van der Waals surface area (Å²) in [4.78, 5) is 33.9. The minimum atomic E-state index is -0.762. The lowest BCUT2D eigenvalue weighted by Gasteiger charge is -2.10. The minimum absolute atomic E-state index is 0.0288. The second-order valence-electron chi connectivity index (χ2n) is 5.29. The summed E-state index contributed by atoms with van der Waals surface area (Å²) in [5.41, 5.74) is 5.60. The van der Waals surface area contributed by atoms with E-state index in [9.17, 15) is 19.7 Å². The largest absolute Gasteiger partial charge is 0.493 e. The van der Waals surface area contributed by atoms with E-state index in [-0.39, 0.29) is 28.5 Å². The molecule has 9 heteroatoms. The lowest BCUT2D eigenvalue weighted by molar-refractivity contribution is -0.387. The fourth-order valence-corrected chi connectivity index (χ4v) is 2.99. The smallest absolute Gasteiger partial charge is 0.316 e. The molecule has 142 valence electrons. The highest BCUT2D eigenvalue weighted by Gasteiger charge is 2.18. The van der Waals surface area contributed by atoms with Crippen molar-refractivity contribution in [3.05, 3.63) is 63.7 Å². The van der Waals surface area contributed by atoms with Gasteiger partial charge in [0, 0.05) is 17.2 Å². The van der Waals surface area contributed by atoms with Gasteiger partial charge in [0.05, 0.1) is 22.2 Å². The number of thioether (sulfide) groups is 1. The number of benzene rings is 2. The Balaban J connectivity index is 1.98. The van der Waals surface area contributed by atoms with Gasteiger partial charge in [-0.25, -0.2) is 0 Å². The standard InChI is InChI=1S/C18H18N2O6S/c1-2-25-15-6-4-3-5-13(15)10-26-17(21)11-27-16-8-7-12(18(19)22)9-14(16)20(23)24/h3-9H,2,10-11H2,1H3,(H2,19,22). The summed E-state index contributed by atoms with van der Waals surface area (Å²) in [7, 11) is 0. The maximum absolute atomic E-state index is 12.0. The average molecular weight is 390 g/mol. The third kappa shape index (κ3) is 5.71. The Hall–Kier alpha value is -3.07. The number of nitro groups is 1. The van der Waals surface area contributed by atoms with Crippen molar-refractivity contribution in [3.63, 3.8) is 0 Å². The first-order chi connectivity index (χ1) is 12.9. The Bertz CT molecular complexity index is 855. The Morgan fingerprint density at radius 1 is 1.22 bits per heavy atom. The first-order valence-corrected chi connectivity index (χ1v) is 8.98. The van der Waals surface area contributed by atoms with Gasteiger partial charge in [-0.2, -0.15) is 0 Å². The first kappa shape index (κ1) is 20.2. The van der Waals surface area contributed by atoms with Crippen LogP contribution in [0.25, 0.3) is 0 Å². The van der Waals surface area contributed by atoms with Crippen LogP contribution in [0, 0.1) is 10.1 Å². The summed E-state index contributed by atoms with van der Waals surface area (Å²) in [5, 5.41) is 11.2. The third-order valence-electron chi connectivity index (χ3n) is 3.45. The maximum atomic E-state index is 12.0. The summed E-state index contributed by atoms with van der Waals surface area (Å²) < 4.78 is 10.7. The number of carbonyl (C=O) groups is 2. The number of ether oxygens (including phenoxy) is 2. The molecule has 0 fully saturated rings. The van der Waals surface area contributed by atoms with E-state index in [0.717, 1.165) is 23.4 Å². The Kier molecular flexibility index (Phi) is 7.18. The van der Waals surface area contributed by atoms with E-state index < -0.39 is 16.8 Å². The molecule has 0 radical (unpaired) electrons. The van der Waals surface area contributed by atoms with E-state index >= 15 is 0 Å². The number of nitro benzene ring substituents is 1. The molecule has 2 N–H and O–H groups in total. The van der Waals surface area contributed by atoms with E-state index in [1.165, 1.54) is 12.1 Å². The van der Waals surface area contributed by atoms with E-state index in [4.69, 9.17) is 15.2 Å². The molecule has 0 saturated carbocycles. The quantitative estimate of drug-likeness (QED) is 0.302. The zero-order valence-corrected chi connectivity index (χ0v) is 15.4. The monoisotopic (exact) mass is 390 g/mol. The molecule has 0 heterocycles. The molecule has 0 atom stereocenters. The van der Waals surface area contributed by atoms with E-state index in [2.05, 4.69) is 0 Å². The molecule has 0 aliphatic rings. The van der Waals surface area contributed by atoms with Crippen LogP contribution < -0.4 is 10.5 Å². The molecular formula is C18H18N2O6S. The fraction of sp³-hybridized carbons (Fsp3) is 0.222. The Morgan fingerprint density at radius 3 is 2.63 bits per heavy atom. The summed E-state index contributed by atoms with van der Waals surface area (Å²) in [6.45, 7) is 2.39. The lowest BCUT2D eigenvalue weighted by Crippen LogP contribution is -2.11. The van der Waals surface area contributed by atoms with Crippen LogP contribution in [0.15, 0.2) is 47.4 Å². The second-order valence-corrected chi connectivity index (χ2v) is 6.31. The van der Waals surface area contributed by atoms with Gasteiger partial charge in [0.1, 0.15) is 12.4 Å². The van der Waals surface area contributed by atoms with Crippen LogP contribution in [-0.4, -0.2) is 29.2 Å². The summed E-state index contributed by atoms with van der Waals surface area (Å²) >= 11 is 0.954.